The second kappa shape index (κ2) is 17.2. The Kier molecular flexibility index (Phi) is 12.5. The van der Waals surface area contributed by atoms with Crippen molar-refractivity contribution in [2.45, 2.75) is 64.1 Å². The number of benzene rings is 4. The van der Waals surface area contributed by atoms with Gasteiger partial charge < -0.3 is 19.7 Å². The van der Waals surface area contributed by atoms with E-state index in [2.05, 4.69) is 10.2 Å². The Bertz CT molecular complexity index is 1750. The Morgan fingerprint density at radius 3 is 2.10 bits per heavy atom. The number of unbranched alkanes of at least 4 members (excludes halogenated alkanes) is 1. The third kappa shape index (κ3) is 9.57. The van der Waals surface area contributed by atoms with E-state index in [-0.39, 0.29) is 18.4 Å². The Balaban J connectivity index is 1.23. The fourth-order valence-corrected chi connectivity index (χ4v) is 6.54. The minimum Gasteiger partial charge on any atom is -0.463 e. The number of amides is 1. The van der Waals surface area contributed by atoms with Crippen LogP contribution in [0.25, 0.3) is 11.1 Å². The molecule has 2 unspecified atom stereocenters. The van der Waals surface area contributed by atoms with E-state index in [1.807, 2.05) is 61.5 Å². The third-order valence-corrected chi connectivity index (χ3v) is 9.24. The number of piperidine rings is 1. The van der Waals surface area contributed by atoms with Crippen molar-refractivity contribution < 1.29 is 37.0 Å². The summed E-state index contributed by atoms with van der Waals surface area (Å²) in [6.07, 6.45) is -1.89. The third-order valence-electron chi connectivity index (χ3n) is 9.24. The number of carbonyl (C=O) groups is 3. The number of hydrogen-bond donors (Lipinski definition) is 1. The lowest BCUT2D eigenvalue weighted by atomic mass is 9.80. The molecule has 268 valence electrons. The van der Waals surface area contributed by atoms with Crippen LogP contribution in [-0.4, -0.2) is 43.6 Å². The van der Waals surface area contributed by atoms with E-state index in [1.54, 1.807) is 31.2 Å². The zero-order valence-electron chi connectivity index (χ0n) is 28.8. The average molecular weight is 701 g/mol. The van der Waals surface area contributed by atoms with Gasteiger partial charge in [0.15, 0.2) is 6.10 Å². The number of hydrogen-bond acceptors (Lipinski definition) is 6. The number of ether oxygens (including phenoxy) is 2. The normalized spacial score (nSPS) is 14.7. The number of halogens is 3. The van der Waals surface area contributed by atoms with Crippen LogP contribution >= 0.6 is 0 Å². The summed E-state index contributed by atoms with van der Waals surface area (Å²) in [6, 6.07) is 28.6. The Labute approximate surface area is 296 Å². The molecule has 1 saturated heterocycles. The van der Waals surface area contributed by atoms with Crippen molar-refractivity contribution in [2.24, 2.45) is 5.92 Å². The van der Waals surface area contributed by atoms with Crippen LogP contribution in [0.3, 0.4) is 0 Å². The van der Waals surface area contributed by atoms with Gasteiger partial charge in [-0.25, -0.2) is 4.79 Å². The van der Waals surface area contributed by atoms with Gasteiger partial charge in [0.2, 0.25) is 0 Å². The number of alkyl halides is 3. The van der Waals surface area contributed by atoms with Crippen LogP contribution < -0.4 is 10.2 Å². The predicted octanol–water partition coefficient (Wildman–Crippen LogP) is 9.29. The number of carbonyl (C=O) groups excluding carboxylic acids is 3. The zero-order valence-corrected chi connectivity index (χ0v) is 28.8. The van der Waals surface area contributed by atoms with Gasteiger partial charge in [0, 0.05) is 30.0 Å². The number of rotatable bonds is 13. The minimum absolute atomic E-state index is 0.00784. The first-order valence-electron chi connectivity index (χ1n) is 17.4. The minimum atomic E-state index is -4.44. The van der Waals surface area contributed by atoms with E-state index in [0.717, 1.165) is 49.1 Å². The van der Waals surface area contributed by atoms with E-state index < -0.39 is 35.7 Å². The smallest absolute Gasteiger partial charge is 0.416 e. The summed E-state index contributed by atoms with van der Waals surface area (Å²) >= 11 is 0. The molecule has 4 aromatic rings. The van der Waals surface area contributed by atoms with Crippen molar-refractivity contribution >= 4 is 29.2 Å². The topological polar surface area (TPSA) is 84.9 Å². The van der Waals surface area contributed by atoms with Crippen molar-refractivity contribution in [3.8, 4) is 11.1 Å². The van der Waals surface area contributed by atoms with Crippen molar-refractivity contribution in [2.75, 3.05) is 29.9 Å². The number of nitrogens with one attached hydrogen (secondary N) is 1. The van der Waals surface area contributed by atoms with Gasteiger partial charge in [-0.1, -0.05) is 74.0 Å². The van der Waals surface area contributed by atoms with Gasteiger partial charge in [-0.2, -0.15) is 13.2 Å². The maximum atomic E-state index is 13.7. The first-order chi connectivity index (χ1) is 24.6. The second-order valence-corrected chi connectivity index (χ2v) is 12.7. The molecule has 0 spiro atoms. The molecule has 4 aromatic carbocycles. The molecule has 1 N–H and O–H groups in total. The van der Waals surface area contributed by atoms with Crippen LogP contribution in [0.5, 0.6) is 0 Å². The average Bonchev–Trinajstić information content (AvgIpc) is 3.14. The summed E-state index contributed by atoms with van der Waals surface area (Å²) in [5.41, 5.74) is 3.03. The molecule has 51 heavy (non-hydrogen) atoms. The lowest BCUT2D eigenvalue weighted by molar-refractivity contribution is -0.170. The molecule has 2 atom stereocenters. The standard InChI is InChI=1S/C41H43F3N2O5/c1-3-5-15-36(39(48)50-4-2)51-40(49)37(29-11-7-6-8-12-29)30-24-26-46(27-25-30)33-22-20-32(21-23-33)45-38(47)35-14-10-9-13-34(35)28-16-18-31(19-17-28)41(42,43)44/h6-14,16-23,30,36-37H,3-5,15,24-27H2,1-2H3,(H,45,47). The molecule has 0 radical (unpaired) electrons. The Morgan fingerprint density at radius 1 is 0.824 bits per heavy atom. The molecule has 0 aliphatic carbocycles. The number of nitrogens with zero attached hydrogens (tertiary/aromatic N) is 1. The first-order valence-corrected chi connectivity index (χ1v) is 17.4. The summed E-state index contributed by atoms with van der Waals surface area (Å²) in [7, 11) is 0. The van der Waals surface area contributed by atoms with Crippen molar-refractivity contribution in [1.29, 1.82) is 0 Å². The molecule has 10 heteroatoms. The summed E-state index contributed by atoms with van der Waals surface area (Å²) in [6.45, 7) is 5.36. The van der Waals surface area contributed by atoms with Gasteiger partial charge >= 0.3 is 18.1 Å². The van der Waals surface area contributed by atoms with Crippen molar-refractivity contribution in [3.05, 3.63) is 120 Å². The largest absolute Gasteiger partial charge is 0.463 e. The molecular formula is C41H43F3N2O5. The SMILES string of the molecule is CCCCC(OC(=O)C(c1ccccc1)C1CCN(c2ccc(NC(=O)c3ccccc3-c3ccc(C(F)(F)F)cc3)cc2)CC1)C(=O)OCC. The van der Waals surface area contributed by atoms with E-state index in [1.165, 1.54) is 12.1 Å². The fourth-order valence-electron chi connectivity index (χ4n) is 6.54. The summed E-state index contributed by atoms with van der Waals surface area (Å²) < 4.78 is 50.3. The van der Waals surface area contributed by atoms with Gasteiger partial charge in [-0.15, -0.1) is 0 Å². The maximum absolute atomic E-state index is 13.7. The monoisotopic (exact) mass is 700 g/mol. The van der Waals surface area contributed by atoms with Crippen LogP contribution in [0.2, 0.25) is 0 Å². The molecular weight excluding hydrogens is 657 g/mol. The van der Waals surface area contributed by atoms with Gasteiger partial charge in [0.05, 0.1) is 18.1 Å². The van der Waals surface area contributed by atoms with E-state index in [9.17, 15) is 27.6 Å². The molecule has 1 heterocycles. The van der Waals surface area contributed by atoms with Gasteiger partial charge in [-0.05, 0) is 97.7 Å². The number of anilines is 2. The zero-order chi connectivity index (χ0) is 36.4. The van der Waals surface area contributed by atoms with E-state index in [4.69, 9.17) is 9.47 Å². The Morgan fingerprint density at radius 2 is 1.47 bits per heavy atom. The molecule has 0 bridgehead atoms. The fraction of sp³-hybridized carbons (Fsp3) is 0.341. The predicted molar refractivity (Wildman–Crippen MR) is 191 cm³/mol. The van der Waals surface area contributed by atoms with Crippen LogP contribution in [0, 0.1) is 5.92 Å². The highest BCUT2D eigenvalue weighted by Gasteiger charge is 2.36. The van der Waals surface area contributed by atoms with Crippen molar-refractivity contribution in [1.82, 2.24) is 0 Å². The van der Waals surface area contributed by atoms with Gasteiger partial charge in [0.25, 0.3) is 5.91 Å². The molecule has 0 saturated carbocycles. The van der Waals surface area contributed by atoms with Crippen LogP contribution in [0.1, 0.15) is 73.4 Å². The Hall–Kier alpha value is -5.12. The summed E-state index contributed by atoms with van der Waals surface area (Å²) in [5.74, 6) is -1.81. The van der Waals surface area contributed by atoms with E-state index >= 15 is 0 Å². The quantitative estimate of drug-likeness (QED) is 0.140. The van der Waals surface area contributed by atoms with Gasteiger partial charge in [0.1, 0.15) is 0 Å². The molecule has 7 nitrogen and oxygen atoms in total. The van der Waals surface area contributed by atoms with Gasteiger partial charge in [-0.3, -0.25) is 9.59 Å². The molecule has 0 aromatic heterocycles. The second-order valence-electron chi connectivity index (χ2n) is 12.7. The lowest BCUT2D eigenvalue weighted by Crippen LogP contribution is -2.39. The highest BCUT2D eigenvalue weighted by atomic mass is 19.4. The lowest BCUT2D eigenvalue weighted by Gasteiger charge is -2.37. The highest BCUT2D eigenvalue weighted by molar-refractivity contribution is 6.08. The maximum Gasteiger partial charge on any atom is 0.416 e. The highest BCUT2D eigenvalue weighted by Crippen LogP contribution is 2.36. The molecule has 1 amide bonds. The van der Waals surface area contributed by atoms with Crippen LogP contribution in [0.4, 0.5) is 24.5 Å². The van der Waals surface area contributed by atoms with Crippen molar-refractivity contribution in [3.63, 3.8) is 0 Å². The molecule has 1 fully saturated rings. The molecule has 1 aliphatic rings. The first kappa shape index (κ1) is 37.1. The summed E-state index contributed by atoms with van der Waals surface area (Å²) in [4.78, 5) is 41.9. The molecule has 5 rings (SSSR count). The summed E-state index contributed by atoms with van der Waals surface area (Å²) in [5, 5.41) is 2.91. The molecule has 1 aliphatic heterocycles. The number of esters is 2. The van der Waals surface area contributed by atoms with E-state index in [0.29, 0.717) is 41.9 Å². The van der Waals surface area contributed by atoms with Crippen LogP contribution in [-0.2, 0) is 25.2 Å². The van der Waals surface area contributed by atoms with Crippen LogP contribution in [0.15, 0.2) is 103 Å².